The van der Waals surface area contributed by atoms with Crippen LogP contribution in [0, 0.1) is 47.3 Å². The summed E-state index contributed by atoms with van der Waals surface area (Å²) < 4.78 is 29.4. The maximum absolute atomic E-state index is 9.79. The predicted molar refractivity (Wildman–Crippen MR) is 161 cm³/mol. The van der Waals surface area contributed by atoms with Crippen LogP contribution < -0.4 is 42.5 Å². The van der Waals surface area contributed by atoms with Gasteiger partial charge in [0.15, 0.2) is 0 Å². The molecule has 9 aliphatic rings. The summed E-state index contributed by atoms with van der Waals surface area (Å²) in [5.41, 5.74) is 0. The Morgan fingerprint density at radius 3 is 0.500 bits per heavy atom. The van der Waals surface area contributed by atoms with Gasteiger partial charge >= 0.3 is 26.1 Å². The number of nitrogens with one attached hydrogen (secondary N) is 8. The third-order valence-corrected chi connectivity index (χ3v) is 13.8. The molecular weight excluding hydrogens is 605 g/mol. The summed E-state index contributed by atoms with van der Waals surface area (Å²) in [5.74, 6) is 5.97. The minimum absolute atomic E-state index is 0.420. The van der Waals surface area contributed by atoms with Crippen molar-refractivity contribution in [3.05, 3.63) is 0 Å². The van der Waals surface area contributed by atoms with Crippen LogP contribution in [0.15, 0.2) is 0 Å². The van der Waals surface area contributed by atoms with E-state index in [0.29, 0.717) is 49.3 Å². The molecule has 9 rings (SSSR count). The van der Waals surface area contributed by atoms with Crippen molar-refractivity contribution < 1.29 is 26.1 Å². The molecule has 5 saturated heterocycles. The van der Waals surface area contributed by atoms with Crippen molar-refractivity contribution >= 4 is 0 Å². The van der Waals surface area contributed by atoms with Crippen molar-refractivity contribution in [3.8, 4) is 0 Å². The van der Waals surface area contributed by atoms with Crippen molar-refractivity contribution in [2.24, 2.45) is 47.3 Å². The van der Waals surface area contributed by atoms with Crippen molar-refractivity contribution in [2.75, 3.05) is 0 Å². The molecule has 0 amide bonds. The van der Waals surface area contributed by atoms with Crippen LogP contribution in [0.2, 0.25) is 0 Å². The Hall–Kier alpha value is 0.00247. The number of rotatable bonds is 0. The molecule has 8 atom stereocenters. The Labute approximate surface area is 267 Å². The number of halogens is 3. The first-order valence-corrected chi connectivity index (χ1v) is 19.8. The third kappa shape index (κ3) is 6.05. The summed E-state index contributed by atoms with van der Waals surface area (Å²) in [5, 5.41) is 33.8. The Kier molecular flexibility index (Phi) is 9.59. The molecule has 8 nitrogen and oxygen atoms in total. The van der Waals surface area contributed by atoms with Gasteiger partial charge < -0.3 is 0 Å². The second-order valence-corrected chi connectivity index (χ2v) is 16.3. The first-order chi connectivity index (χ1) is 21.5. The first kappa shape index (κ1) is 31.3. The second kappa shape index (κ2) is 13.5. The topological polar surface area (TPSA) is 96.2 Å². The van der Waals surface area contributed by atoms with Gasteiger partial charge in [-0.25, -0.2) is 0 Å². The zero-order chi connectivity index (χ0) is 29.8. The molecule has 0 aromatic rings. The molecule has 0 radical (unpaired) electrons. The van der Waals surface area contributed by atoms with E-state index in [0.717, 1.165) is 47.3 Å². The van der Waals surface area contributed by atoms with Crippen molar-refractivity contribution in [1.29, 1.82) is 0 Å². The SMILES string of the molecule is C1CCC2C3NC(NC4NC(NC5NC(NC6NC(N3)C3CCCCC63)C3CCCCC53)C3CCCCC43)C2C1.[F][Cr]([F])[F]. The molecule has 4 saturated carbocycles. The van der Waals surface area contributed by atoms with Crippen LogP contribution in [0.4, 0.5) is 10.6 Å². The average Bonchev–Trinajstić information content (AvgIpc) is 3.76. The Balaban J connectivity index is 0.000000684. The molecule has 8 N–H and O–H groups in total. The van der Waals surface area contributed by atoms with E-state index in [1.54, 1.807) is 0 Å². The van der Waals surface area contributed by atoms with Gasteiger partial charge in [0.2, 0.25) is 0 Å². The Bertz CT molecular complexity index is 773. The molecule has 5 heterocycles. The fourth-order valence-corrected chi connectivity index (χ4v) is 12.0. The molecule has 5 aliphatic heterocycles. The Morgan fingerprint density at radius 1 is 0.273 bits per heavy atom. The van der Waals surface area contributed by atoms with Crippen molar-refractivity contribution in [1.82, 2.24) is 42.5 Å². The second-order valence-electron chi connectivity index (χ2n) is 15.8. The summed E-state index contributed by atoms with van der Waals surface area (Å²) in [6.45, 7) is 0. The third-order valence-electron chi connectivity index (χ3n) is 13.8. The van der Waals surface area contributed by atoms with Gasteiger partial charge in [-0.3, -0.25) is 42.5 Å². The zero-order valence-corrected chi connectivity index (χ0v) is 27.4. The summed E-state index contributed by atoms with van der Waals surface area (Å²) >= 11 is -4.54. The van der Waals surface area contributed by atoms with Crippen molar-refractivity contribution in [2.45, 2.75) is 152 Å². The van der Waals surface area contributed by atoms with E-state index >= 15 is 0 Å². The van der Waals surface area contributed by atoms with Gasteiger partial charge in [0.05, 0.1) is 49.3 Å². The first-order valence-electron chi connectivity index (χ1n) is 18.3. The van der Waals surface area contributed by atoms with Gasteiger partial charge in [0, 0.05) is 0 Å². The van der Waals surface area contributed by atoms with Crippen LogP contribution >= 0.6 is 0 Å². The van der Waals surface area contributed by atoms with Crippen LogP contribution in [0.1, 0.15) is 103 Å². The molecule has 0 aromatic heterocycles. The van der Waals surface area contributed by atoms with Gasteiger partial charge in [-0.15, -0.1) is 0 Å². The Morgan fingerprint density at radius 2 is 0.386 bits per heavy atom. The zero-order valence-electron chi connectivity index (χ0n) is 26.1. The molecule has 4 aliphatic carbocycles. The predicted octanol–water partition coefficient (Wildman–Crippen LogP) is 3.86. The van der Waals surface area contributed by atoms with Gasteiger partial charge in [0.25, 0.3) is 0 Å². The van der Waals surface area contributed by atoms with Crippen LogP contribution in [-0.4, -0.2) is 49.3 Å². The molecule has 12 heteroatoms. The maximum atomic E-state index is 9.79. The van der Waals surface area contributed by atoms with E-state index in [1.807, 2.05) is 0 Å². The molecule has 9 fully saturated rings. The quantitative estimate of drug-likeness (QED) is 0.199. The van der Waals surface area contributed by atoms with E-state index in [4.69, 9.17) is 0 Å². The van der Waals surface area contributed by atoms with Gasteiger partial charge in [-0.1, -0.05) is 51.4 Å². The number of fused-ring (bicyclic) bond motifs is 20. The fraction of sp³-hybridized carbons (Fsp3) is 1.00. The number of hydrogen-bond donors (Lipinski definition) is 8. The minimum atomic E-state index is -4.54. The summed E-state index contributed by atoms with van der Waals surface area (Å²) in [4.78, 5) is 0. The van der Waals surface area contributed by atoms with E-state index in [2.05, 4.69) is 42.5 Å². The van der Waals surface area contributed by atoms with Crippen LogP contribution in [0.3, 0.4) is 0 Å². The van der Waals surface area contributed by atoms with E-state index in [-0.39, 0.29) is 0 Å². The molecule has 251 valence electrons. The van der Waals surface area contributed by atoms with E-state index in [9.17, 15) is 10.6 Å². The van der Waals surface area contributed by atoms with Crippen LogP contribution in [0.5, 0.6) is 0 Å². The molecule has 0 spiro atoms. The summed E-state index contributed by atoms with van der Waals surface area (Å²) in [6.07, 6.45) is 25.6. The van der Waals surface area contributed by atoms with Gasteiger partial charge in [-0.2, -0.15) is 0 Å². The molecule has 0 aromatic carbocycles. The van der Waals surface area contributed by atoms with Crippen LogP contribution in [0.25, 0.3) is 0 Å². The van der Waals surface area contributed by atoms with Crippen LogP contribution in [-0.2, 0) is 15.5 Å². The normalized spacial score (nSPS) is 53.2. The molecule has 8 unspecified atom stereocenters. The van der Waals surface area contributed by atoms with Gasteiger partial charge in [0.1, 0.15) is 0 Å². The van der Waals surface area contributed by atoms with Gasteiger partial charge in [-0.05, 0) is 98.7 Å². The van der Waals surface area contributed by atoms with E-state index < -0.39 is 15.5 Å². The summed E-state index contributed by atoms with van der Waals surface area (Å²) in [6, 6.07) is 0. The monoisotopic (exact) mass is 661 g/mol. The summed E-state index contributed by atoms with van der Waals surface area (Å²) in [7, 11) is 0. The molecule has 8 bridgehead atoms. The number of hydrogen-bond acceptors (Lipinski definition) is 8. The fourth-order valence-electron chi connectivity index (χ4n) is 12.0. The molecular formula is C32H56CrF3N8. The van der Waals surface area contributed by atoms with E-state index in [1.165, 1.54) is 103 Å². The standard InChI is InChI=1S/C32H56N8.Cr.3FH/c1-2-10-18-17(9-1)25-33-26(18)38-28-21-13-5-6-14-22(21)30(35-28)40-32-24-16-8-7-15-23(24)31(36-32)39-29-20-12-4-3-11-19(20)27(34-29)37-25;;;;/h17-40H,1-16H2;;3*1H/q;+3;;;/p-3. The van der Waals surface area contributed by atoms with Crippen molar-refractivity contribution in [3.63, 3.8) is 0 Å². The average molecular weight is 662 g/mol. The molecule has 44 heavy (non-hydrogen) atoms.